The van der Waals surface area contributed by atoms with Crippen molar-refractivity contribution < 1.29 is 9.13 Å². The zero-order valence-corrected chi connectivity index (χ0v) is 16.8. The molecule has 0 spiro atoms. The summed E-state index contributed by atoms with van der Waals surface area (Å²) < 4.78 is 22.6. The standard InChI is InChI=1S/C23H15ClFN5O/c24-16-8-7-13(10-17(16)25)22-19-20(15-5-1-2-6-18(15)31-22)29-23-27-12-28-30(23)21(19)14-4-3-9-26-11-14/h1-12,21-22H,(H,27,28,29)/t21-,22+/m0/s1. The summed E-state index contributed by atoms with van der Waals surface area (Å²) in [5.41, 5.74) is 4.25. The fourth-order valence-electron chi connectivity index (χ4n) is 4.23. The fraction of sp³-hybridized carbons (Fsp3) is 0.0870. The minimum atomic E-state index is -0.563. The van der Waals surface area contributed by atoms with E-state index in [1.54, 1.807) is 29.2 Å². The van der Waals surface area contributed by atoms with Gasteiger partial charge in [-0.25, -0.2) is 9.07 Å². The Hall–Kier alpha value is -3.71. The molecule has 0 amide bonds. The van der Waals surface area contributed by atoms with Crippen molar-refractivity contribution in [3.05, 3.63) is 106 Å². The minimum Gasteiger partial charge on any atom is -0.480 e. The quantitative estimate of drug-likeness (QED) is 0.482. The molecule has 6 rings (SSSR count). The Morgan fingerprint density at radius 3 is 2.81 bits per heavy atom. The zero-order valence-electron chi connectivity index (χ0n) is 16.0. The van der Waals surface area contributed by atoms with Gasteiger partial charge < -0.3 is 10.1 Å². The van der Waals surface area contributed by atoms with Gasteiger partial charge in [0.25, 0.3) is 0 Å². The summed E-state index contributed by atoms with van der Waals surface area (Å²) in [5, 5.41) is 7.93. The molecule has 0 saturated carbocycles. The highest BCUT2D eigenvalue weighted by Crippen LogP contribution is 2.50. The number of halogens is 2. The van der Waals surface area contributed by atoms with Crippen molar-refractivity contribution >= 4 is 23.2 Å². The van der Waals surface area contributed by atoms with E-state index in [4.69, 9.17) is 16.3 Å². The molecule has 0 unspecified atom stereocenters. The normalized spacial score (nSPS) is 19.0. The molecule has 0 bridgehead atoms. The van der Waals surface area contributed by atoms with Crippen LogP contribution in [0, 0.1) is 5.82 Å². The van der Waals surface area contributed by atoms with Gasteiger partial charge in [0.2, 0.25) is 5.95 Å². The van der Waals surface area contributed by atoms with Crippen LogP contribution in [0.4, 0.5) is 10.3 Å². The lowest BCUT2D eigenvalue weighted by Gasteiger charge is -2.38. The molecule has 0 radical (unpaired) electrons. The summed E-state index contributed by atoms with van der Waals surface area (Å²) >= 11 is 5.94. The topological polar surface area (TPSA) is 64.9 Å². The number of benzene rings is 2. The van der Waals surface area contributed by atoms with Gasteiger partial charge in [0, 0.05) is 23.5 Å². The largest absolute Gasteiger partial charge is 0.480 e. The van der Waals surface area contributed by atoms with Crippen LogP contribution in [0.1, 0.15) is 28.8 Å². The number of aromatic nitrogens is 4. The third-order valence-electron chi connectivity index (χ3n) is 5.57. The molecule has 8 heteroatoms. The van der Waals surface area contributed by atoms with Crippen LogP contribution in [0.2, 0.25) is 5.02 Å². The Morgan fingerprint density at radius 2 is 1.97 bits per heavy atom. The van der Waals surface area contributed by atoms with Crippen molar-refractivity contribution in [3.63, 3.8) is 0 Å². The van der Waals surface area contributed by atoms with Crippen molar-refractivity contribution in [2.24, 2.45) is 0 Å². The van der Waals surface area contributed by atoms with Gasteiger partial charge in [0.05, 0.1) is 10.7 Å². The number of rotatable bonds is 2. The number of pyridine rings is 1. The van der Waals surface area contributed by atoms with Crippen LogP contribution in [0.5, 0.6) is 5.75 Å². The third kappa shape index (κ3) is 2.81. The molecule has 1 N–H and O–H groups in total. The van der Waals surface area contributed by atoms with Crippen LogP contribution in [-0.4, -0.2) is 19.7 Å². The maximum atomic E-state index is 14.4. The average Bonchev–Trinajstić information content (AvgIpc) is 3.28. The lowest BCUT2D eigenvalue weighted by molar-refractivity contribution is 0.222. The molecule has 6 nitrogen and oxygen atoms in total. The summed E-state index contributed by atoms with van der Waals surface area (Å²) in [6.07, 6.45) is 4.47. The highest BCUT2D eigenvalue weighted by molar-refractivity contribution is 6.30. The molecule has 31 heavy (non-hydrogen) atoms. The van der Waals surface area contributed by atoms with Gasteiger partial charge in [0.1, 0.15) is 30.0 Å². The van der Waals surface area contributed by atoms with Crippen LogP contribution in [-0.2, 0) is 0 Å². The summed E-state index contributed by atoms with van der Waals surface area (Å²) in [6, 6.07) is 16.0. The van der Waals surface area contributed by atoms with Crippen LogP contribution in [0.3, 0.4) is 0 Å². The second-order valence-corrected chi connectivity index (χ2v) is 7.75. The van der Waals surface area contributed by atoms with Crippen molar-refractivity contribution in [2.75, 3.05) is 5.32 Å². The lowest BCUT2D eigenvalue weighted by Crippen LogP contribution is -2.32. The third-order valence-corrected chi connectivity index (χ3v) is 5.87. The Morgan fingerprint density at radius 1 is 1.06 bits per heavy atom. The highest BCUT2D eigenvalue weighted by Gasteiger charge is 2.41. The van der Waals surface area contributed by atoms with Gasteiger partial charge in [0.15, 0.2) is 0 Å². The molecule has 2 aliphatic heterocycles. The molecular weight excluding hydrogens is 417 g/mol. The van der Waals surface area contributed by atoms with E-state index in [9.17, 15) is 4.39 Å². The van der Waals surface area contributed by atoms with Gasteiger partial charge in [-0.1, -0.05) is 35.9 Å². The number of nitrogens with one attached hydrogen (secondary N) is 1. The van der Waals surface area contributed by atoms with E-state index in [2.05, 4.69) is 20.4 Å². The highest BCUT2D eigenvalue weighted by atomic mass is 35.5. The summed E-state index contributed by atoms with van der Waals surface area (Å²) in [5.74, 6) is 0.823. The van der Waals surface area contributed by atoms with E-state index in [1.165, 1.54) is 12.4 Å². The summed E-state index contributed by atoms with van der Waals surface area (Å²) in [4.78, 5) is 8.69. The Kier molecular flexibility index (Phi) is 4.04. The molecule has 0 fully saturated rings. The molecule has 0 saturated heterocycles. The van der Waals surface area contributed by atoms with Gasteiger partial charge in [-0.05, 0) is 41.5 Å². The number of hydrogen-bond acceptors (Lipinski definition) is 5. The van der Waals surface area contributed by atoms with Crippen LogP contribution in [0.25, 0.3) is 5.70 Å². The molecule has 0 aliphatic carbocycles. The van der Waals surface area contributed by atoms with Gasteiger partial charge >= 0.3 is 0 Å². The smallest absolute Gasteiger partial charge is 0.226 e. The first kappa shape index (κ1) is 18.1. The number of hydrogen-bond donors (Lipinski definition) is 1. The molecular formula is C23H15ClFN5O. The number of fused-ring (bicyclic) bond motifs is 3. The van der Waals surface area contributed by atoms with Crippen LogP contribution < -0.4 is 10.1 Å². The predicted octanol–water partition coefficient (Wildman–Crippen LogP) is 5.03. The summed E-state index contributed by atoms with van der Waals surface area (Å²) in [6.45, 7) is 0. The van der Waals surface area contributed by atoms with Gasteiger partial charge in [-0.3, -0.25) is 4.98 Å². The minimum absolute atomic E-state index is 0.0679. The Bertz CT molecular complexity index is 1340. The predicted molar refractivity (Wildman–Crippen MR) is 114 cm³/mol. The summed E-state index contributed by atoms with van der Waals surface area (Å²) in [7, 11) is 0. The monoisotopic (exact) mass is 431 g/mol. The van der Waals surface area contributed by atoms with Crippen molar-refractivity contribution in [1.82, 2.24) is 19.7 Å². The first-order valence-corrected chi connectivity index (χ1v) is 10.1. The van der Waals surface area contributed by atoms with Crippen LogP contribution >= 0.6 is 11.6 Å². The average molecular weight is 432 g/mol. The molecule has 2 aromatic heterocycles. The van der Waals surface area contributed by atoms with E-state index < -0.39 is 11.9 Å². The lowest BCUT2D eigenvalue weighted by atomic mass is 9.85. The van der Waals surface area contributed by atoms with Gasteiger partial charge in [-0.2, -0.15) is 10.1 Å². The zero-order chi connectivity index (χ0) is 20.9. The number of para-hydroxylation sites is 1. The van der Waals surface area contributed by atoms with Crippen LogP contribution in [0.15, 0.2) is 78.9 Å². The van der Waals surface area contributed by atoms with E-state index in [1.807, 2.05) is 36.4 Å². The number of nitrogens with zero attached hydrogens (tertiary/aromatic N) is 4. The fourth-order valence-corrected chi connectivity index (χ4v) is 4.34. The maximum Gasteiger partial charge on any atom is 0.226 e. The first-order chi connectivity index (χ1) is 15.2. The SMILES string of the molecule is Fc1cc([C@H]2Oc3ccccc3C3=C2[C@H](c2cccnc2)n2ncnc2N3)ccc1Cl. The van der Waals surface area contributed by atoms with Crippen molar-refractivity contribution in [2.45, 2.75) is 12.1 Å². The Labute approximate surface area is 182 Å². The second kappa shape index (κ2) is 6.92. The molecule has 152 valence electrons. The Balaban J connectivity index is 1.63. The van der Waals surface area contributed by atoms with Gasteiger partial charge in [-0.15, -0.1) is 0 Å². The first-order valence-electron chi connectivity index (χ1n) is 9.72. The second-order valence-electron chi connectivity index (χ2n) is 7.34. The van der Waals surface area contributed by atoms with E-state index in [0.29, 0.717) is 17.3 Å². The molecule has 4 aromatic rings. The van der Waals surface area contributed by atoms with E-state index >= 15 is 0 Å². The van der Waals surface area contributed by atoms with E-state index in [-0.39, 0.29) is 11.1 Å². The molecule has 2 atom stereocenters. The van der Waals surface area contributed by atoms with E-state index in [0.717, 1.165) is 22.4 Å². The molecule has 2 aliphatic rings. The maximum absolute atomic E-state index is 14.4. The van der Waals surface area contributed by atoms with Crippen molar-refractivity contribution in [3.8, 4) is 5.75 Å². The van der Waals surface area contributed by atoms with Crippen molar-refractivity contribution in [1.29, 1.82) is 0 Å². The molecule has 4 heterocycles. The molecule has 2 aromatic carbocycles. The number of ether oxygens (including phenoxy) is 1. The number of anilines is 1.